The third-order valence-corrected chi connectivity index (χ3v) is 5.76. The van der Waals surface area contributed by atoms with E-state index < -0.39 is 0 Å². The van der Waals surface area contributed by atoms with Crippen LogP contribution in [0.25, 0.3) is 16.6 Å². The Hall–Kier alpha value is -2.03. The zero-order valence-corrected chi connectivity index (χ0v) is 17.8. The van der Waals surface area contributed by atoms with Crippen molar-refractivity contribution in [3.05, 3.63) is 39.6 Å². The number of aryl methyl sites for hydroxylation is 2. The molecule has 4 rings (SSSR count). The van der Waals surface area contributed by atoms with Crippen LogP contribution in [-0.4, -0.2) is 64.8 Å². The number of aromatic nitrogens is 3. The number of hydrogen-bond donors (Lipinski definition) is 1. The molecule has 7 nitrogen and oxygen atoms in total. The van der Waals surface area contributed by atoms with Crippen molar-refractivity contribution in [2.24, 2.45) is 0 Å². The highest BCUT2D eigenvalue weighted by molar-refractivity contribution is 9.10. The SMILES string of the molecule is Cc1nc2c3ccc(Br)cc3nn2c(C)c1CC(=O)NCCN1CCOCC1. The number of benzene rings is 1. The molecular weight excluding hydrogens is 422 g/mol. The Morgan fingerprint density at radius 3 is 2.86 bits per heavy atom. The lowest BCUT2D eigenvalue weighted by molar-refractivity contribution is -0.120. The van der Waals surface area contributed by atoms with Crippen LogP contribution in [-0.2, 0) is 16.0 Å². The molecule has 0 aliphatic carbocycles. The maximum Gasteiger partial charge on any atom is 0.224 e. The summed E-state index contributed by atoms with van der Waals surface area (Å²) in [6.07, 6.45) is 0.309. The summed E-state index contributed by atoms with van der Waals surface area (Å²) < 4.78 is 8.18. The van der Waals surface area contributed by atoms with E-state index in [9.17, 15) is 4.79 Å². The van der Waals surface area contributed by atoms with E-state index in [0.717, 1.165) is 70.8 Å². The summed E-state index contributed by atoms with van der Waals surface area (Å²) in [6, 6.07) is 5.99. The molecule has 28 heavy (non-hydrogen) atoms. The van der Waals surface area contributed by atoms with Gasteiger partial charge in [-0.15, -0.1) is 0 Å². The summed E-state index contributed by atoms with van der Waals surface area (Å²) in [5, 5.41) is 8.72. The Bertz CT molecular complexity index is 1030. The first kappa shape index (κ1) is 19.3. The van der Waals surface area contributed by atoms with Crippen molar-refractivity contribution in [2.45, 2.75) is 20.3 Å². The summed E-state index contributed by atoms with van der Waals surface area (Å²) >= 11 is 3.49. The van der Waals surface area contributed by atoms with Gasteiger partial charge in [0.15, 0.2) is 5.65 Å². The second kappa shape index (κ2) is 8.14. The van der Waals surface area contributed by atoms with Crippen LogP contribution >= 0.6 is 15.9 Å². The fraction of sp³-hybridized carbons (Fsp3) is 0.450. The molecule has 8 heteroatoms. The summed E-state index contributed by atoms with van der Waals surface area (Å²) in [4.78, 5) is 19.5. The van der Waals surface area contributed by atoms with Gasteiger partial charge in [0.2, 0.25) is 5.91 Å². The van der Waals surface area contributed by atoms with Gasteiger partial charge < -0.3 is 10.1 Å². The van der Waals surface area contributed by atoms with Gasteiger partial charge in [-0.25, -0.2) is 9.50 Å². The molecule has 148 valence electrons. The van der Waals surface area contributed by atoms with Gasteiger partial charge in [-0.05, 0) is 32.0 Å². The molecule has 0 spiro atoms. The molecule has 1 aliphatic heterocycles. The molecule has 0 atom stereocenters. The highest BCUT2D eigenvalue weighted by Crippen LogP contribution is 2.25. The average Bonchev–Trinajstić information content (AvgIpc) is 3.03. The van der Waals surface area contributed by atoms with E-state index in [0.29, 0.717) is 13.0 Å². The predicted molar refractivity (Wildman–Crippen MR) is 112 cm³/mol. The van der Waals surface area contributed by atoms with Crippen LogP contribution in [0.15, 0.2) is 22.7 Å². The average molecular weight is 446 g/mol. The van der Waals surface area contributed by atoms with Crippen LogP contribution in [0.2, 0.25) is 0 Å². The molecule has 0 radical (unpaired) electrons. The zero-order valence-electron chi connectivity index (χ0n) is 16.2. The minimum atomic E-state index is 0.0139. The minimum absolute atomic E-state index is 0.0139. The van der Waals surface area contributed by atoms with Gasteiger partial charge in [0.05, 0.1) is 25.2 Å². The molecule has 3 heterocycles. The highest BCUT2D eigenvalue weighted by atomic mass is 79.9. The largest absolute Gasteiger partial charge is 0.379 e. The number of rotatable bonds is 5. The number of morpholine rings is 1. The van der Waals surface area contributed by atoms with Gasteiger partial charge in [-0.1, -0.05) is 15.9 Å². The van der Waals surface area contributed by atoms with E-state index in [1.165, 1.54) is 0 Å². The Labute approximate surface area is 172 Å². The first-order valence-electron chi connectivity index (χ1n) is 9.54. The number of ether oxygens (including phenoxy) is 1. The molecule has 0 bridgehead atoms. The van der Waals surface area contributed by atoms with Crippen molar-refractivity contribution in [3.63, 3.8) is 0 Å². The van der Waals surface area contributed by atoms with Gasteiger partial charge in [0.25, 0.3) is 0 Å². The lowest BCUT2D eigenvalue weighted by Gasteiger charge is -2.26. The summed E-state index contributed by atoms with van der Waals surface area (Å²) in [7, 11) is 0. The Morgan fingerprint density at radius 1 is 1.29 bits per heavy atom. The van der Waals surface area contributed by atoms with Crippen LogP contribution in [0.1, 0.15) is 17.0 Å². The summed E-state index contributed by atoms with van der Waals surface area (Å²) in [5.74, 6) is 0.0139. The van der Waals surface area contributed by atoms with E-state index in [4.69, 9.17) is 9.72 Å². The second-order valence-corrected chi connectivity index (χ2v) is 8.05. The number of nitrogens with one attached hydrogen (secondary N) is 1. The maximum atomic E-state index is 12.5. The lowest BCUT2D eigenvalue weighted by Crippen LogP contribution is -2.41. The van der Waals surface area contributed by atoms with Gasteiger partial charge in [-0.3, -0.25) is 9.69 Å². The predicted octanol–water partition coefficient (Wildman–Crippen LogP) is 2.25. The van der Waals surface area contributed by atoms with Gasteiger partial charge >= 0.3 is 0 Å². The smallest absolute Gasteiger partial charge is 0.224 e. The standard InChI is InChI=1S/C20H24BrN5O2/c1-13-17(12-19(27)22-5-6-25-7-9-28-10-8-25)14(2)26-20(23-13)16-4-3-15(21)11-18(16)24-26/h3-4,11H,5-10,12H2,1-2H3,(H,22,27). The van der Waals surface area contributed by atoms with Crippen molar-refractivity contribution in [3.8, 4) is 0 Å². The normalized spacial score (nSPS) is 15.4. The first-order valence-corrected chi connectivity index (χ1v) is 10.3. The zero-order chi connectivity index (χ0) is 19.7. The molecule has 2 aromatic heterocycles. The second-order valence-electron chi connectivity index (χ2n) is 7.14. The highest BCUT2D eigenvalue weighted by Gasteiger charge is 2.17. The van der Waals surface area contributed by atoms with Crippen molar-refractivity contribution in [2.75, 3.05) is 39.4 Å². The van der Waals surface area contributed by atoms with E-state index in [1.54, 1.807) is 0 Å². The number of hydrogen-bond acceptors (Lipinski definition) is 5. The van der Waals surface area contributed by atoms with Crippen LogP contribution in [0.4, 0.5) is 0 Å². The van der Waals surface area contributed by atoms with Gasteiger partial charge in [0.1, 0.15) is 0 Å². The van der Waals surface area contributed by atoms with Crippen molar-refractivity contribution < 1.29 is 9.53 Å². The molecule has 0 saturated carbocycles. The van der Waals surface area contributed by atoms with Crippen molar-refractivity contribution in [1.82, 2.24) is 24.8 Å². The molecule has 1 aromatic carbocycles. The molecule has 1 saturated heterocycles. The summed E-state index contributed by atoms with van der Waals surface area (Å²) in [6.45, 7) is 8.85. The molecular formula is C20H24BrN5O2. The number of halogens is 1. The third kappa shape index (κ3) is 3.90. The molecule has 1 N–H and O–H groups in total. The molecule has 1 amide bonds. The Morgan fingerprint density at radius 2 is 2.07 bits per heavy atom. The van der Waals surface area contributed by atoms with Crippen LogP contribution < -0.4 is 5.32 Å². The number of nitrogens with zero attached hydrogens (tertiary/aromatic N) is 4. The van der Waals surface area contributed by atoms with Gasteiger partial charge in [-0.2, -0.15) is 5.10 Å². The Kier molecular flexibility index (Phi) is 5.61. The number of amides is 1. The van der Waals surface area contributed by atoms with E-state index in [2.05, 4.69) is 31.2 Å². The number of fused-ring (bicyclic) bond motifs is 3. The van der Waals surface area contributed by atoms with Crippen LogP contribution in [0.5, 0.6) is 0 Å². The number of carbonyl (C=O) groups is 1. The topological polar surface area (TPSA) is 71.8 Å². The lowest BCUT2D eigenvalue weighted by atomic mass is 10.1. The van der Waals surface area contributed by atoms with Gasteiger partial charge in [0, 0.05) is 53.0 Å². The van der Waals surface area contributed by atoms with E-state index in [1.807, 2.05) is 36.6 Å². The summed E-state index contributed by atoms with van der Waals surface area (Å²) in [5.41, 5.74) is 4.48. The third-order valence-electron chi connectivity index (χ3n) is 5.27. The maximum absolute atomic E-state index is 12.5. The van der Waals surface area contributed by atoms with Crippen molar-refractivity contribution in [1.29, 1.82) is 0 Å². The minimum Gasteiger partial charge on any atom is -0.379 e. The quantitative estimate of drug-likeness (QED) is 0.651. The fourth-order valence-electron chi connectivity index (χ4n) is 3.66. The Balaban J connectivity index is 1.50. The van der Waals surface area contributed by atoms with Crippen LogP contribution in [0.3, 0.4) is 0 Å². The van der Waals surface area contributed by atoms with Crippen molar-refractivity contribution >= 4 is 38.4 Å². The molecule has 1 fully saturated rings. The van der Waals surface area contributed by atoms with E-state index >= 15 is 0 Å². The molecule has 0 unspecified atom stereocenters. The number of carbonyl (C=O) groups excluding carboxylic acids is 1. The first-order chi connectivity index (χ1) is 13.5. The molecule has 1 aliphatic rings. The molecule has 3 aromatic rings. The van der Waals surface area contributed by atoms with E-state index in [-0.39, 0.29) is 5.91 Å². The fourth-order valence-corrected chi connectivity index (χ4v) is 4.01. The monoisotopic (exact) mass is 445 g/mol. The van der Waals surface area contributed by atoms with Crippen LogP contribution in [0, 0.1) is 13.8 Å².